The number of nitrogens with zero attached hydrogens (tertiary/aromatic N) is 2. The summed E-state index contributed by atoms with van der Waals surface area (Å²) in [5, 5.41) is 6.01. The van der Waals surface area contributed by atoms with Gasteiger partial charge in [-0.25, -0.2) is 12.7 Å². The molecule has 0 aliphatic heterocycles. The number of halogens is 4. The Kier molecular flexibility index (Phi) is 12.2. The predicted octanol–water partition coefficient (Wildman–Crippen LogP) is 2.95. The van der Waals surface area contributed by atoms with Gasteiger partial charge in [0.2, 0.25) is 10.0 Å². The zero-order valence-electron chi connectivity index (χ0n) is 16.2. The van der Waals surface area contributed by atoms with Crippen molar-refractivity contribution in [3.05, 3.63) is 0 Å². The van der Waals surface area contributed by atoms with Gasteiger partial charge < -0.3 is 10.6 Å². The fourth-order valence-corrected chi connectivity index (χ4v) is 4.52. The highest BCUT2D eigenvalue weighted by Gasteiger charge is 2.42. The fraction of sp³-hybridized carbons (Fsp3) is 0.938. The second-order valence-electron chi connectivity index (χ2n) is 6.41. The Labute approximate surface area is 177 Å². The lowest BCUT2D eigenvalue weighted by Gasteiger charge is -2.32. The molecule has 0 spiro atoms. The number of nitrogens with one attached hydrogen (secondary N) is 2. The molecule has 2 N–H and O–H groups in total. The van der Waals surface area contributed by atoms with Gasteiger partial charge in [0.15, 0.2) is 5.96 Å². The first kappa shape index (κ1) is 26.7. The molecule has 0 aromatic heterocycles. The molecule has 0 bridgehead atoms. The molecule has 2 atom stereocenters. The minimum absolute atomic E-state index is 0. The summed E-state index contributed by atoms with van der Waals surface area (Å²) >= 11 is 0. The summed E-state index contributed by atoms with van der Waals surface area (Å²) in [6.07, 6.45) is -2.83. The second kappa shape index (κ2) is 12.3. The van der Waals surface area contributed by atoms with Gasteiger partial charge in [0, 0.05) is 25.7 Å². The van der Waals surface area contributed by atoms with E-state index >= 15 is 0 Å². The van der Waals surface area contributed by atoms with Crippen LogP contribution in [-0.2, 0) is 10.0 Å². The predicted molar refractivity (Wildman–Crippen MR) is 113 cm³/mol. The number of aliphatic imine (C=N–C) groups is 1. The van der Waals surface area contributed by atoms with Gasteiger partial charge in [-0.3, -0.25) is 4.99 Å². The van der Waals surface area contributed by atoms with Gasteiger partial charge in [0.05, 0.1) is 18.2 Å². The van der Waals surface area contributed by atoms with Crippen LogP contribution in [0.2, 0.25) is 0 Å². The van der Waals surface area contributed by atoms with Gasteiger partial charge in [-0.15, -0.1) is 24.0 Å². The van der Waals surface area contributed by atoms with Gasteiger partial charge in [0.1, 0.15) is 0 Å². The van der Waals surface area contributed by atoms with Gasteiger partial charge in [-0.2, -0.15) is 13.2 Å². The largest absolute Gasteiger partial charge is 0.391 e. The lowest BCUT2D eigenvalue weighted by Crippen LogP contribution is -2.47. The van der Waals surface area contributed by atoms with Crippen molar-refractivity contribution in [2.24, 2.45) is 10.9 Å². The Bertz CT molecular complexity index is 554. The van der Waals surface area contributed by atoms with Crippen molar-refractivity contribution in [2.75, 3.05) is 31.9 Å². The Morgan fingerprint density at radius 3 is 2.33 bits per heavy atom. The molecule has 6 nitrogen and oxygen atoms in total. The quantitative estimate of drug-likeness (QED) is 0.289. The number of hydrogen-bond donors (Lipinski definition) is 2. The zero-order chi connectivity index (χ0) is 19.8. The van der Waals surface area contributed by atoms with E-state index in [1.54, 1.807) is 13.8 Å². The van der Waals surface area contributed by atoms with Crippen molar-refractivity contribution in [2.45, 2.75) is 58.7 Å². The van der Waals surface area contributed by atoms with Crippen LogP contribution in [0, 0.1) is 5.92 Å². The van der Waals surface area contributed by atoms with Crippen LogP contribution in [0.4, 0.5) is 13.2 Å². The molecule has 1 aliphatic carbocycles. The van der Waals surface area contributed by atoms with Gasteiger partial charge in [-0.1, -0.05) is 20.3 Å². The van der Waals surface area contributed by atoms with E-state index in [-0.39, 0.29) is 55.2 Å². The zero-order valence-corrected chi connectivity index (χ0v) is 19.3. The smallest absolute Gasteiger partial charge is 0.357 e. The van der Waals surface area contributed by atoms with Crippen LogP contribution in [0.3, 0.4) is 0 Å². The average Bonchev–Trinajstić information content (AvgIpc) is 2.55. The van der Waals surface area contributed by atoms with Gasteiger partial charge >= 0.3 is 6.18 Å². The van der Waals surface area contributed by atoms with Crippen LogP contribution in [0.5, 0.6) is 0 Å². The Morgan fingerprint density at radius 2 is 1.81 bits per heavy atom. The number of hydrogen-bond acceptors (Lipinski definition) is 3. The van der Waals surface area contributed by atoms with E-state index in [4.69, 9.17) is 0 Å². The second-order valence-corrected chi connectivity index (χ2v) is 8.50. The van der Waals surface area contributed by atoms with Gasteiger partial charge in [0.25, 0.3) is 0 Å². The van der Waals surface area contributed by atoms with E-state index in [2.05, 4.69) is 15.6 Å². The first-order valence-corrected chi connectivity index (χ1v) is 10.8. The van der Waals surface area contributed by atoms with Crippen molar-refractivity contribution in [1.82, 2.24) is 14.9 Å². The minimum atomic E-state index is -4.17. The van der Waals surface area contributed by atoms with E-state index in [1.807, 2.05) is 6.92 Å². The van der Waals surface area contributed by atoms with Crippen LogP contribution >= 0.6 is 24.0 Å². The third-order valence-corrected chi connectivity index (χ3v) is 6.54. The summed E-state index contributed by atoms with van der Waals surface area (Å²) in [4.78, 5) is 4.24. The first-order chi connectivity index (χ1) is 12.1. The van der Waals surface area contributed by atoms with Crippen LogP contribution in [0.25, 0.3) is 0 Å². The Balaban J connectivity index is 0.00000676. The summed E-state index contributed by atoms with van der Waals surface area (Å²) in [5.74, 6) is -1.05. The molecule has 0 saturated heterocycles. The number of guanidine groups is 1. The molecule has 1 rings (SSSR count). The van der Waals surface area contributed by atoms with Crippen LogP contribution in [0.15, 0.2) is 4.99 Å². The fourth-order valence-electron chi connectivity index (χ4n) is 3.15. The van der Waals surface area contributed by atoms with Crippen LogP contribution < -0.4 is 10.6 Å². The maximum Gasteiger partial charge on any atom is 0.391 e. The number of alkyl halides is 3. The molecule has 1 saturated carbocycles. The molecule has 11 heteroatoms. The SMILES string of the molecule is CCNC(=NCCS(=O)(=O)N(CC)CC)NC1CCCC(C(F)(F)F)C1.I. The summed E-state index contributed by atoms with van der Waals surface area (Å²) in [6, 6.07) is -0.312. The standard InChI is InChI=1S/C16H31F3N4O2S.HI/c1-4-20-15(21-10-11-26(24,25)23(5-2)6-3)22-14-9-7-8-13(12-14)16(17,18)19;/h13-14H,4-12H2,1-3H3,(H2,20,21,22);1H. The topological polar surface area (TPSA) is 73.8 Å². The highest BCUT2D eigenvalue weighted by atomic mass is 127. The number of rotatable bonds is 8. The third kappa shape index (κ3) is 9.16. The van der Waals surface area contributed by atoms with Crippen molar-refractivity contribution in [3.8, 4) is 0 Å². The molecule has 0 heterocycles. The molecule has 0 aromatic rings. The van der Waals surface area contributed by atoms with Crippen LogP contribution in [-0.4, -0.2) is 62.8 Å². The molecule has 1 aliphatic rings. The molecular weight excluding hydrogens is 496 g/mol. The first-order valence-electron chi connectivity index (χ1n) is 9.23. The molecule has 2 unspecified atom stereocenters. The monoisotopic (exact) mass is 528 g/mol. The van der Waals surface area contributed by atoms with Gasteiger partial charge in [-0.05, 0) is 26.2 Å². The highest BCUT2D eigenvalue weighted by Crippen LogP contribution is 2.37. The number of sulfonamides is 1. The van der Waals surface area contributed by atoms with Crippen molar-refractivity contribution < 1.29 is 21.6 Å². The van der Waals surface area contributed by atoms with Crippen molar-refractivity contribution in [1.29, 1.82) is 0 Å². The molecule has 0 aromatic carbocycles. The summed E-state index contributed by atoms with van der Waals surface area (Å²) in [7, 11) is -3.37. The van der Waals surface area contributed by atoms with Crippen molar-refractivity contribution >= 4 is 40.0 Å². The van der Waals surface area contributed by atoms with E-state index in [9.17, 15) is 21.6 Å². The molecule has 162 valence electrons. The normalized spacial score (nSPS) is 21.7. The minimum Gasteiger partial charge on any atom is -0.357 e. The van der Waals surface area contributed by atoms with Crippen molar-refractivity contribution in [3.63, 3.8) is 0 Å². The highest BCUT2D eigenvalue weighted by molar-refractivity contribution is 14.0. The maximum absolute atomic E-state index is 12.9. The molecule has 27 heavy (non-hydrogen) atoms. The summed E-state index contributed by atoms with van der Waals surface area (Å²) < 4.78 is 64.5. The Hall–Kier alpha value is -0.300. The molecular formula is C16H32F3IN4O2S. The Morgan fingerprint density at radius 1 is 1.19 bits per heavy atom. The molecule has 0 radical (unpaired) electrons. The van der Waals surface area contributed by atoms with E-state index in [1.165, 1.54) is 4.31 Å². The third-order valence-electron chi connectivity index (χ3n) is 4.54. The lowest BCUT2D eigenvalue weighted by molar-refractivity contribution is -0.183. The van der Waals surface area contributed by atoms with E-state index in [0.717, 1.165) is 0 Å². The summed E-state index contributed by atoms with van der Waals surface area (Å²) in [5.41, 5.74) is 0. The summed E-state index contributed by atoms with van der Waals surface area (Å²) in [6.45, 7) is 6.81. The van der Waals surface area contributed by atoms with E-state index < -0.39 is 22.1 Å². The van der Waals surface area contributed by atoms with Crippen LogP contribution in [0.1, 0.15) is 46.5 Å². The van der Waals surface area contributed by atoms with E-state index in [0.29, 0.717) is 38.4 Å². The molecule has 0 amide bonds. The molecule has 1 fully saturated rings. The maximum atomic E-state index is 12.9. The average molecular weight is 528 g/mol. The lowest BCUT2D eigenvalue weighted by atomic mass is 9.85.